The number of nitrogens with zero attached hydrogens (tertiary/aromatic N) is 1. The SMILES string of the molecule is COc1ccc(-c2ccc(CCC(=O)NCc3ccccn3)o2)cc1. The number of hydrogen-bond acceptors (Lipinski definition) is 4. The Hall–Kier alpha value is -3.08. The lowest BCUT2D eigenvalue weighted by atomic mass is 10.2. The van der Waals surface area contributed by atoms with Gasteiger partial charge >= 0.3 is 0 Å². The fourth-order valence-electron chi connectivity index (χ4n) is 2.44. The molecular weight excluding hydrogens is 316 g/mol. The smallest absolute Gasteiger partial charge is 0.220 e. The quantitative estimate of drug-likeness (QED) is 0.716. The van der Waals surface area contributed by atoms with E-state index >= 15 is 0 Å². The second kappa shape index (κ2) is 8.15. The fourth-order valence-corrected chi connectivity index (χ4v) is 2.44. The molecule has 5 heteroatoms. The Morgan fingerprint density at radius 1 is 1.12 bits per heavy atom. The number of methoxy groups -OCH3 is 1. The number of aryl methyl sites for hydroxylation is 1. The molecule has 3 rings (SSSR count). The predicted molar refractivity (Wildman–Crippen MR) is 95.1 cm³/mol. The molecule has 0 aliphatic rings. The highest BCUT2D eigenvalue weighted by Crippen LogP contribution is 2.24. The zero-order chi connectivity index (χ0) is 17.5. The standard InChI is InChI=1S/C20H20N2O3/c1-24-17-7-5-15(6-8-17)19-11-9-18(25-19)10-12-20(23)22-14-16-4-2-3-13-21-16/h2-9,11,13H,10,12,14H2,1H3,(H,22,23). The Bertz CT molecular complexity index is 810. The summed E-state index contributed by atoms with van der Waals surface area (Å²) in [5, 5.41) is 2.86. The van der Waals surface area contributed by atoms with Gasteiger partial charge in [-0.1, -0.05) is 6.07 Å². The highest BCUT2D eigenvalue weighted by atomic mass is 16.5. The summed E-state index contributed by atoms with van der Waals surface area (Å²) in [6.07, 6.45) is 2.65. The minimum absolute atomic E-state index is 0.0203. The van der Waals surface area contributed by atoms with Gasteiger partial charge in [0.05, 0.1) is 19.3 Å². The molecule has 3 aromatic rings. The lowest BCUT2D eigenvalue weighted by Gasteiger charge is -2.04. The van der Waals surface area contributed by atoms with Gasteiger partial charge in [0.2, 0.25) is 5.91 Å². The third-order valence-corrected chi connectivity index (χ3v) is 3.83. The predicted octanol–water partition coefficient (Wildman–Crippen LogP) is 3.60. The monoisotopic (exact) mass is 336 g/mol. The van der Waals surface area contributed by atoms with Crippen LogP contribution < -0.4 is 10.1 Å². The topological polar surface area (TPSA) is 64.4 Å². The van der Waals surface area contributed by atoms with Crippen LogP contribution in [0.25, 0.3) is 11.3 Å². The number of rotatable bonds is 7. The van der Waals surface area contributed by atoms with Gasteiger partial charge < -0.3 is 14.5 Å². The van der Waals surface area contributed by atoms with Gasteiger partial charge in [0.15, 0.2) is 0 Å². The van der Waals surface area contributed by atoms with Crippen molar-refractivity contribution in [2.24, 2.45) is 0 Å². The van der Waals surface area contributed by atoms with Crippen molar-refractivity contribution in [3.05, 3.63) is 72.2 Å². The van der Waals surface area contributed by atoms with E-state index in [0.717, 1.165) is 28.5 Å². The molecule has 1 N–H and O–H groups in total. The third kappa shape index (κ3) is 4.70. The van der Waals surface area contributed by atoms with Crippen molar-refractivity contribution in [1.29, 1.82) is 0 Å². The lowest BCUT2D eigenvalue weighted by molar-refractivity contribution is -0.121. The molecule has 2 heterocycles. The van der Waals surface area contributed by atoms with E-state index in [-0.39, 0.29) is 5.91 Å². The van der Waals surface area contributed by atoms with Crippen LogP contribution in [0, 0.1) is 0 Å². The van der Waals surface area contributed by atoms with Crippen molar-refractivity contribution < 1.29 is 13.9 Å². The van der Waals surface area contributed by atoms with Crippen LogP contribution in [-0.4, -0.2) is 18.0 Å². The molecule has 0 spiro atoms. The Labute approximate surface area is 146 Å². The molecule has 0 fully saturated rings. The largest absolute Gasteiger partial charge is 0.497 e. The normalized spacial score (nSPS) is 10.4. The highest BCUT2D eigenvalue weighted by molar-refractivity contribution is 5.76. The van der Waals surface area contributed by atoms with E-state index in [1.165, 1.54) is 0 Å². The van der Waals surface area contributed by atoms with E-state index in [1.54, 1.807) is 13.3 Å². The second-order valence-electron chi connectivity index (χ2n) is 5.59. The molecule has 128 valence electrons. The molecule has 0 bridgehead atoms. The van der Waals surface area contributed by atoms with Gasteiger partial charge in [-0.3, -0.25) is 9.78 Å². The van der Waals surface area contributed by atoms with Crippen molar-refractivity contribution in [2.75, 3.05) is 7.11 Å². The van der Waals surface area contributed by atoms with Gasteiger partial charge in [-0.15, -0.1) is 0 Å². The zero-order valence-electron chi connectivity index (χ0n) is 14.1. The lowest BCUT2D eigenvalue weighted by Crippen LogP contribution is -2.23. The number of pyridine rings is 1. The molecule has 0 atom stereocenters. The van der Waals surface area contributed by atoms with Gasteiger partial charge in [0.1, 0.15) is 17.3 Å². The number of hydrogen-bond donors (Lipinski definition) is 1. The molecule has 25 heavy (non-hydrogen) atoms. The van der Waals surface area contributed by atoms with Crippen molar-refractivity contribution in [3.63, 3.8) is 0 Å². The molecule has 0 unspecified atom stereocenters. The Kier molecular flexibility index (Phi) is 5.46. The van der Waals surface area contributed by atoms with Crippen LogP contribution in [0.3, 0.4) is 0 Å². The Morgan fingerprint density at radius 2 is 1.96 bits per heavy atom. The van der Waals surface area contributed by atoms with Gasteiger partial charge in [-0.25, -0.2) is 0 Å². The number of carbonyl (C=O) groups excluding carboxylic acids is 1. The first-order chi connectivity index (χ1) is 12.2. The van der Waals surface area contributed by atoms with E-state index in [1.807, 2.05) is 54.6 Å². The van der Waals surface area contributed by atoms with Gasteiger partial charge in [0, 0.05) is 24.6 Å². The number of carbonyl (C=O) groups is 1. The van der Waals surface area contributed by atoms with Gasteiger partial charge in [0.25, 0.3) is 0 Å². The fraction of sp³-hybridized carbons (Fsp3) is 0.200. The summed E-state index contributed by atoms with van der Waals surface area (Å²) < 4.78 is 11.0. The van der Waals surface area contributed by atoms with E-state index in [9.17, 15) is 4.79 Å². The van der Waals surface area contributed by atoms with E-state index < -0.39 is 0 Å². The van der Waals surface area contributed by atoms with E-state index in [2.05, 4.69) is 10.3 Å². The number of aromatic nitrogens is 1. The highest BCUT2D eigenvalue weighted by Gasteiger charge is 2.08. The summed E-state index contributed by atoms with van der Waals surface area (Å²) in [5.74, 6) is 2.36. The molecule has 2 aromatic heterocycles. The van der Waals surface area contributed by atoms with Crippen molar-refractivity contribution in [1.82, 2.24) is 10.3 Å². The van der Waals surface area contributed by atoms with Gasteiger partial charge in [-0.2, -0.15) is 0 Å². The van der Waals surface area contributed by atoms with Crippen molar-refractivity contribution in [2.45, 2.75) is 19.4 Å². The van der Waals surface area contributed by atoms with E-state index in [0.29, 0.717) is 19.4 Å². The average Bonchev–Trinajstić information content (AvgIpc) is 3.14. The molecule has 0 radical (unpaired) electrons. The number of nitrogens with one attached hydrogen (secondary N) is 1. The summed E-state index contributed by atoms with van der Waals surface area (Å²) in [5.41, 5.74) is 1.82. The number of furan rings is 1. The molecule has 0 aliphatic heterocycles. The molecule has 0 saturated heterocycles. The summed E-state index contributed by atoms with van der Waals surface area (Å²) in [4.78, 5) is 16.1. The third-order valence-electron chi connectivity index (χ3n) is 3.83. The number of ether oxygens (including phenoxy) is 1. The molecule has 0 saturated carbocycles. The van der Waals surface area contributed by atoms with Crippen LogP contribution in [0.4, 0.5) is 0 Å². The number of benzene rings is 1. The summed E-state index contributed by atoms with van der Waals surface area (Å²) in [6.45, 7) is 0.439. The molecule has 5 nitrogen and oxygen atoms in total. The van der Waals surface area contributed by atoms with Crippen LogP contribution in [-0.2, 0) is 17.8 Å². The molecule has 1 amide bonds. The number of amides is 1. The Morgan fingerprint density at radius 3 is 2.68 bits per heavy atom. The first kappa shape index (κ1) is 16.8. The first-order valence-electron chi connectivity index (χ1n) is 8.14. The minimum atomic E-state index is -0.0203. The van der Waals surface area contributed by atoms with Gasteiger partial charge in [-0.05, 0) is 48.5 Å². The van der Waals surface area contributed by atoms with E-state index in [4.69, 9.17) is 9.15 Å². The van der Waals surface area contributed by atoms with Crippen LogP contribution in [0.15, 0.2) is 65.2 Å². The maximum Gasteiger partial charge on any atom is 0.220 e. The molecule has 1 aromatic carbocycles. The summed E-state index contributed by atoms with van der Waals surface area (Å²) in [7, 11) is 1.64. The van der Waals surface area contributed by atoms with Crippen LogP contribution in [0.2, 0.25) is 0 Å². The van der Waals surface area contributed by atoms with Crippen molar-refractivity contribution >= 4 is 5.91 Å². The first-order valence-corrected chi connectivity index (χ1v) is 8.14. The molecule has 0 aliphatic carbocycles. The molecular formula is C20H20N2O3. The second-order valence-corrected chi connectivity index (χ2v) is 5.59. The maximum absolute atomic E-state index is 11.9. The zero-order valence-corrected chi connectivity index (χ0v) is 14.1. The minimum Gasteiger partial charge on any atom is -0.497 e. The Balaban J connectivity index is 1.50. The van der Waals surface area contributed by atoms with Crippen molar-refractivity contribution in [3.8, 4) is 17.1 Å². The average molecular weight is 336 g/mol. The maximum atomic E-state index is 11.9. The summed E-state index contributed by atoms with van der Waals surface area (Å²) >= 11 is 0. The van der Waals surface area contributed by atoms with Crippen LogP contribution in [0.5, 0.6) is 5.75 Å². The summed E-state index contributed by atoms with van der Waals surface area (Å²) in [6, 6.07) is 17.1. The van der Waals surface area contributed by atoms with Crippen LogP contribution >= 0.6 is 0 Å². The van der Waals surface area contributed by atoms with Crippen LogP contribution in [0.1, 0.15) is 17.9 Å².